The highest BCUT2D eigenvalue weighted by molar-refractivity contribution is 7.92. The summed E-state index contributed by atoms with van der Waals surface area (Å²) >= 11 is 0. The number of anilines is 2. The van der Waals surface area contributed by atoms with Crippen molar-refractivity contribution in [1.29, 1.82) is 0 Å². The number of nitrogens with zero attached hydrogens (tertiary/aromatic N) is 2. The summed E-state index contributed by atoms with van der Waals surface area (Å²) in [6.45, 7) is 10.4. The Morgan fingerprint density at radius 3 is 2.29 bits per heavy atom. The summed E-state index contributed by atoms with van der Waals surface area (Å²) in [6, 6.07) is 8.96. The van der Waals surface area contributed by atoms with Gasteiger partial charge in [-0.3, -0.25) is 9.52 Å². The molecule has 1 aromatic heterocycles. The number of aromatic nitrogens is 1. The van der Waals surface area contributed by atoms with Crippen LogP contribution >= 0.6 is 0 Å². The summed E-state index contributed by atoms with van der Waals surface area (Å²) in [5.74, 6) is 1.71. The van der Waals surface area contributed by atoms with Crippen LogP contribution in [-0.4, -0.2) is 50.3 Å². The molecule has 9 nitrogen and oxygen atoms in total. The van der Waals surface area contributed by atoms with Crippen LogP contribution in [0.4, 0.5) is 11.4 Å². The van der Waals surface area contributed by atoms with Gasteiger partial charge in [-0.05, 0) is 94.6 Å². The molecular weight excluding hydrogens is 504 g/mol. The molecule has 38 heavy (non-hydrogen) atoms. The highest BCUT2D eigenvalue weighted by atomic mass is 32.2. The first kappa shape index (κ1) is 27.7. The van der Waals surface area contributed by atoms with Crippen LogP contribution in [0.25, 0.3) is 11.1 Å². The Labute approximate surface area is 224 Å². The summed E-state index contributed by atoms with van der Waals surface area (Å²) in [7, 11) is -3.51. The maximum absolute atomic E-state index is 12.6. The fourth-order valence-electron chi connectivity index (χ4n) is 4.94. The van der Waals surface area contributed by atoms with Gasteiger partial charge in [0.2, 0.25) is 15.9 Å². The van der Waals surface area contributed by atoms with Crippen LogP contribution in [0.1, 0.15) is 48.3 Å². The Balaban J connectivity index is 1.55. The topological polar surface area (TPSA) is 114 Å². The third-order valence-electron chi connectivity index (χ3n) is 6.60. The number of hydrogen-bond acceptors (Lipinski definition) is 7. The molecule has 0 aliphatic carbocycles. The third-order valence-corrected chi connectivity index (χ3v) is 7.21. The maximum atomic E-state index is 12.6. The molecule has 0 saturated carbocycles. The van der Waals surface area contributed by atoms with Crippen LogP contribution in [0.15, 0.2) is 34.9 Å². The molecule has 2 heterocycles. The number of carbonyl (C=O) groups excluding carboxylic acids is 1. The van der Waals surface area contributed by atoms with Gasteiger partial charge in [0.25, 0.3) is 0 Å². The van der Waals surface area contributed by atoms with Crippen LogP contribution in [0, 0.1) is 27.7 Å². The number of amides is 1. The number of nitrogens with one attached hydrogen (secondary N) is 2. The summed E-state index contributed by atoms with van der Waals surface area (Å²) < 4.78 is 38.1. The molecule has 3 aromatic rings. The average Bonchev–Trinajstić information content (AvgIpc) is 3.17. The SMILES string of the molecule is Cc1cc(NC(=O)CCN2CCCCC2)cc(C)c1Oc1cc(NS(C)(=O)=O)cc(-c2c(C)noc2C)c1. The molecule has 0 spiro atoms. The molecule has 0 atom stereocenters. The number of likely N-dealkylation sites (tertiary alicyclic amines) is 1. The van der Waals surface area contributed by atoms with Crippen molar-refractivity contribution >= 4 is 27.3 Å². The number of ether oxygens (including phenoxy) is 1. The lowest BCUT2D eigenvalue weighted by molar-refractivity contribution is -0.116. The number of piperidine rings is 1. The first-order valence-corrected chi connectivity index (χ1v) is 14.7. The first-order chi connectivity index (χ1) is 18.0. The van der Waals surface area contributed by atoms with E-state index in [4.69, 9.17) is 9.26 Å². The third kappa shape index (κ3) is 7.14. The molecule has 0 bridgehead atoms. The summed E-state index contributed by atoms with van der Waals surface area (Å²) in [5.41, 5.74) is 4.97. The van der Waals surface area contributed by atoms with Gasteiger partial charge in [-0.25, -0.2) is 8.42 Å². The lowest BCUT2D eigenvalue weighted by atomic mass is 10.0. The predicted octanol–water partition coefficient (Wildman–Crippen LogP) is 5.55. The van der Waals surface area contributed by atoms with E-state index in [1.54, 1.807) is 19.1 Å². The molecular formula is C28H36N4O5S. The maximum Gasteiger partial charge on any atom is 0.229 e. The predicted molar refractivity (Wildman–Crippen MR) is 149 cm³/mol. The van der Waals surface area contributed by atoms with Crippen molar-refractivity contribution < 1.29 is 22.5 Å². The van der Waals surface area contributed by atoms with Crippen LogP contribution in [-0.2, 0) is 14.8 Å². The molecule has 10 heteroatoms. The molecule has 4 rings (SSSR count). The Kier molecular flexibility index (Phi) is 8.42. The lowest BCUT2D eigenvalue weighted by Gasteiger charge is -2.26. The standard InChI is InChI=1S/C28H36N4O5S/c1-18-13-23(29-26(33)9-12-32-10-7-6-8-11-32)14-19(2)28(18)36-25-16-22(27-20(3)30-37-21(27)4)15-24(17-25)31-38(5,34)35/h13-17,31H,6-12H2,1-5H3,(H,29,33). The lowest BCUT2D eigenvalue weighted by Crippen LogP contribution is -2.32. The van der Waals surface area contributed by atoms with Crippen LogP contribution in [0.3, 0.4) is 0 Å². The van der Waals surface area contributed by atoms with E-state index < -0.39 is 10.0 Å². The number of sulfonamides is 1. The monoisotopic (exact) mass is 540 g/mol. The van der Waals surface area contributed by atoms with Crippen molar-refractivity contribution in [2.75, 3.05) is 35.9 Å². The molecule has 1 aliphatic heterocycles. The Hall–Kier alpha value is -3.37. The summed E-state index contributed by atoms with van der Waals surface area (Å²) in [5, 5.41) is 7.03. The molecule has 1 aliphatic rings. The second-order valence-electron chi connectivity index (χ2n) is 10.1. The van der Waals surface area contributed by atoms with E-state index in [1.807, 2.05) is 39.0 Å². The van der Waals surface area contributed by atoms with Crippen molar-refractivity contribution in [1.82, 2.24) is 10.1 Å². The Morgan fingerprint density at radius 2 is 1.68 bits per heavy atom. The molecule has 1 fully saturated rings. The van der Waals surface area contributed by atoms with Gasteiger partial charge in [0.1, 0.15) is 17.3 Å². The van der Waals surface area contributed by atoms with Crippen molar-refractivity contribution in [2.24, 2.45) is 0 Å². The average molecular weight is 541 g/mol. The van der Waals surface area contributed by atoms with Crippen molar-refractivity contribution in [3.05, 3.63) is 52.9 Å². The molecule has 1 saturated heterocycles. The largest absolute Gasteiger partial charge is 0.457 e. The van der Waals surface area contributed by atoms with Gasteiger partial charge in [-0.2, -0.15) is 0 Å². The number of rotatable bonds is 9. The summed E-state index contributed by atoms with van der Waals surface area (Å²) in [4.78, 5) is 14.9. The first-order valence-electron chi connectivity index (χ1n) is 12.9. The molecule has 1 amide bonds. The van der Waals surface area contributed by atoms with E-state index >= 15 is 0 Å². The highest BCUT2D eigenvalue weighted by Gasteiger charge is 2.17. The zero-order valence-corrected chi connectivity index (χ0v) is 23.5. The second-order valence-corrected chi connectivity index (χ2v) is 11.8. The zero-order valence-electron chi connectivity index (χ0n) is 22.7. The fraction of sp³-hybridized carbons (Fsp3) is 0.429. The van der Waals surface area contributed by atoms with Gasteiger partial charge < -0.3 is 19.5 Å². The quantitative estimate of drug-likeness (QED) is 0.366. The normalized spacial score (nSPS) is 14.3. The molecule has 0 radical (unpaired) electrons. The Morgan fingerprint density at radius 1 is 1.00 bits per heavy atom. The van der Waals surface area contributed by atoms with E-state index in [2.05, 4.69) is 20.1 Å². The molecule has 204 valence electrons. The minimum absolute atomic E-state index is 0.00769. The van der Waals surface area contributed by atoms with Crippen molar-refractivity contribution in [3.63, 3.8) is 0 Å². The minimum atomic E-state index is -3.51. The van der Waals surface area contributed by atoms with E-state index in [9.17, 15) is 13.2 Å². The van der Waals surface area contributed by atoms with E-state index in [-0.39, 0.29) is 5.91 Å². The minimum Gasteiger partial charge on any atom is -0.457 e. The number of carbonyl (C=O) groups is 1. The van der Waals surface area contributed by atoms with E-state index in [0.717, 1.165) is 53.8 Å². The van der Waals surface area contributed by atoms with Crippen molar-refractivity contribution in [3.8, 4) is 22.6 Å². The molecule has 0 unspecified atom stereocenters. The van der Waals surface area contributed by atoms with Gasteiger partial charge in [0, 0.05) is 30.3 Å². The van der Waals surface area contributed by atoms with Gasteiger partial charge in [-0.1, -0.05) is 11.6 Å². The van der Waals surface area contributed by atoms with Gasteiger partial charge in [0.15, 0.2) is 0 Å². The second kappa shape index (κ2) is 11.6. The van der Waals surface area contributed by atoms with Gasteiger partial charge >= 0.3 is 0 Å². The van der Waals surface area contributed by atoms with Crippen LogP contribution < -0.4 is 14.8 Å². The number of benzene rings is 2. The van der Waals surface area contributed by atoms with E-state index in [1.165, 1.54) is 19.3 Å². The summed E-state index contributed by atoms with van der Waals surface area (Å²) in [6.07, 6.45) is 5.24. The highest BCUT2D eigenvalue weighted by Crippen LogP contribution is 2.37. The molecule has 2 N–H and O–H groups in total. The molecule has 2 aromatic carbocycles. The van der Waals surface area contributed by atoms with Crippen molar-refractivity contribution in [2.45, 2.75) is 53.4 Å². The zero-order chi connectivity index (χ0) is 27.4. The van der Waals surface area contributed by atoms with E-state index in [0.29, 0.717) is 35.1 Å². The number of aryl methyl sites for hydroxylation is 4. The fourth-order valence-corrected chi connectivity index (χ4v) is 5.48. The smallest absolute Gasteiger partial charge is 0.229 e. The van der Waals surface area contributed by atoms with Crippen LogP contribution in [0.5, 0.6) is 11.5 Å². The Bertz CT molecular complexity index is 1380. The van der Waals surface area contributed by atoms with Gasteiger partial charge in [-0.15, -0.1) is 0 Å². The number of hydrogen-bond donors (Lipinski definition) is 2. The van der Waals surface area contributed by atoms with Gasteiger partial charge in [0.05, 0.1) is 17.6 Å². The van der Waals surface area contributed by atoms with Crippen LogP contribution in [0.2, 0.25) is 0 Å².